The van der Waals surface area contributed by atoms with E-state index in [1.807, 2.05) is 0 Å². The smallest absolute Gasteiger partial charge is 0.118 e. The lowest BCUT2D eigenvalue weighted by atomic mass is 9.31. The molecule has 0 aliphatic carbocycles. The summed E-state index contributed by atoms with van der Waals surface area (Å²) in [5.41, 5.74) is 0. The third-order valence-electron chi connectivity index (χ3n) is 5.04. The summed E-state index contributed by atoms with van der Waals surface area (Å²) in [5, 5.41) is 0. The maximum Gasteiger partial charge on any atom is 0.172 e. The lowest BCUT2D eigenvalue weighted by molar-refractivity contribution is 0.633. The van der Waals surface area contributed by atoms with Gasteiger partial charge in [-0.2, -0.15) is 0 Å². The molecule has 0 aromatic carbocycles. The topological polar surface area (TPSA) is 0 Å². The van der Waals surface area contributed by atoms with E-state index in [9.17, 15) is 0 Å². The minimum Gasteiger partial charge on any atom is -0.118 e. The van der Waals surface area contributed by atoms with Crippen molar-refractivity contribution < 1.29 is 0 Å². The van der Waals surface area contributed by atoms with E-state index >= 15 is 0 Å². The Morgan fingerprint density at radius 1 is 0.714 bits per heavy atom. The average molecular weight is 292 g/mol. The van der Waals surface area contributed by atoms with Gasteiger partial charge in [-0.05, 0) is 12.8 Å². The van der Waals surface area contributed by atoms with E-state index in [1.54, 1.807) is 0 Å². The van der Waals surface area contributed by atoms with E-state index in [0.717, 1.165) is 18.3 Å². The number of hydrogen-bond donors (Lipinski definition) is 0. The van der Waals surface area contributed by atoms with Crippen LogP contribution < -0.4 is 0 Å². The van der Waals surface area contributed by atoms with E-state index in [1.165, 1.54) is 70.6 Å². The highest BCUT2D eigenvalue weighted by Crippen LogP contribution is 2.34. The number of rotatable bonds is 14. The first-order valence-electron chi connectivity index (χ1n) is 9.91. The second kappa shape index (κ2) is 14.7. The van der Waals surface area contributed by atoms with E-state index in [-0.39, 0.29) is 0 Å². The fourth-order valence-electron chi connectivity index (χ4n) is 3.72. The summed E-state index contributed by atoms with van der Waals surface area (Å²) in [5.74, 6) is 4.41. The molecule has 2 atom stereocenters. The van der Waals surface area contributed by atoms with Gasteiger partial charge in [0.15, 0.2) is 6.71 Å². The number of unbranched alkanes of at least 4 members (excludes halogenated alkanes) is 4. The van der Waals surface area contributed by atoms with Crippen LogP contribution in [0.25, 0.3) is 0 Å². The molecule has 0 saturated heterocycles. The van der Waals surface area contributed by atoms with Crippen LogP contribution in [0.1, 0.15) is 105 Å². The van der Waals surface area contributed by atoms with Gasteiger partial charge in [0.2, 0.25) is 0 Å². The van der Waals surface area contributed by atoms with Crippen molar-refractivity contribution in [3.05, 3.63) is 12.1 Å². The molecule has 1 heteroatoms. The molecular weight excluding hydrogens is 251 g/mol. The Labute approximate surface area is 136 Å². The van der Waals surface area contributed by atoms with Gasteiger partial charge in [0.05, 0.1) is 0 Å². The molecule has 0 saturated carbocycles. The minimum atomic E-state index is 0.825. The molecule has 0 bridgehead atoms. The van der Waals surface area contributed by atoms with Gasteiger partial charge in [-0.25, -0.2) is 0 Å². The Kier molecular flexibility index (Phi) is 14.6. The normalized spacial score (nSPS) is 14.5. The first-order chi connectivity index (χ1) is 10.2. The maximum absolute atomic E-state index is 2.61. The largest absolute Gasteiger partial charge is 0.172 e. The Bertz CT molecular complexity index is 220. The van der Waals surface area contributed by atoms with Crippen molar-refractivity contribution in [1.29, 1.82) is 0 Å². The van der Waals surface area contributed by atoms with Crippen LogP contribution in [0.5, 0.6) is 0 Å². The van der Waals surface area contributed by atoms with Crippen molar-refractivity contribution in [2.75, 3.05) is 0 Å². The predicted molar refractivity (Wildman–Crippen MR) is 102 cm³/mol. The van der Waals surface area contributed by atoms with Crippen LogP contribution in [0, 0.1) is 0 Å². The molecule has 124 valence electrons. The molecule has 0 fully saturated rings. The molecular formula is C20H41B. The monoisotopic (exact) mass is 292 g/mol. The second-order valence-electron chi connectivity index (χ2n) is 6.77. The molecule has 0 heterocycles. The van der Waals surface area contributed by atoms with Crippen molar-refractivity contribution in [3.8, 4) is 0 Å². The van der Waals surface area contributed by atoms with Crippen LogP contribution in [0.15, 0.2) is 12.1 Å². The first-order valence-corrected chi connectivity index (χ1v) is 9.91. The molecule has 0 N–H and O–H groups in total. The molecule has 2 unspecified atom stereocenters. The first kappa shape index (κ1) is 20.8. The Morgan fingerprint density at radius 2 is 1.29 bits per heavy atom. The zero-order valence-corrected chi connectivity index (χ0v) is 15.7. The highest BCUT2D eigenvalue weighted by molar-refractivity contribution is 6.67. The van der Waals surface area contributed by atoms with Gasteiger partial charge in [-0.15, -0.1) is 5.98 Å². The van der Waals surface area contributed by atoms with Crippen molar-refractivity contribution in [1.82, 2.24) is 0 Å². The average Bonchev–Trinajstić information content (AvgIpc) is 2.51. The van der Waals surface area contributed by atoms with Gasteiger partial charge in [-0.1, -0.05) is 110 Å². The van der Waals surface area contributed by atoms with Gasteiger partial charge in [0.1, 0.15) is 0 Å². The summed E-state index contributed by atoms with van der Waals surface area (Å²) < 4.78 is 0. The lowest BCUT2D eigenvalue weighted by Gasteiger charge is -2.28. The summed E-state index contributed by atoms with van der Waals surface area (Å²) in [4.78, 5) is 0. The Balaban J connectivity index is 4.57. The van der Waals surface area contributed by atoms with Gasteiger partial charge in [0, 0.05) is 0 Å². The molecule has 0 aliphatic heterocycles. The van der Waals surface area contributed by atoms with Gasteiger partial charge < -0.3 is 0 Å². The Morgan fingerprint density at radius 3 is 1.71 bits per heavy atom. The molecule has 0 nitrogen and oxygen atoms in total. The van der Waals surface area contributed by atoms with Crippen molar-refractivity contribution in [2.24, 2.45) is 0 Å². The summed E-state index contributed by atoms with van der Waals surface area (Å²) in [6, 6.07) is 0. The SMILES string of the molecule is CCCCCC/C=C/B(C(CC)CCC)C(CC)CCC. The van der Waals surface area contributed by atoms with Gasteiger partial charge in [-0.3, -0.25) is 0 Å². The fraction of sp³-hybridized carbons (Fsp3) is 0.900. The number of hydrogen-bond acceptors (Lipinski definition) is 0. The number of allylic oxidation sites excluding steroid dienone is 1. The molecule has 0 rings (SSSR count). The van der Waals surface area contributed by atoms with Crippen LogP contribution in [-0.4, -0.2) is 6.71 Å². The van der Waals surface area contributed by atoms with E-state index in [2.05, 4.69) is 46.7 Å². The zero-order chi connectivity index (χ0) is 15.9. The summed E-state index contributed by atoms with van der Waals surface area (Å²) in [7, 11) is 0. The van der Waals surface area contributed by atoms with Crippen LogP contribution in [0.3, 0.4) is 0 Å². The van der Waals surface area contributed by atoms with Gasteiger partial charge >= 0.3 is 0 Å². The van der Waals surface area contributed by atoms with Crippen LogP contribution in [0.4, 0.5) is 0 Å². The van der Waals surface area contributed by atoms with E-state index < -0.39 is 0 Å². The van der Waals surface area contributed by atoms with Crippen LogP contribution >= 0.6 is 0 Å². The second-order valence-corrected chi connectivity index (χ2v) is 6.77. The molecule has 21 heavy (non-hydrogen) atoms. The van der Waals surface area contributed by atoms with Crippen LogP contribution in [0.2, 0.25) is 11.6 Å². The standard InChI is InChI=1S/C20H41B/c1-6-11-12-13-14-15-18-21(19(9-4)16-7-2)20(10-5)17-8-3/h15,18-20H,6-14,16-17H2,1-5H3/b18-15+. The van der Waals surface area contributed by atoms with E-state index in [4.69, 9.17) is 0 Å². The van der Waals surface area contributed by atoms with Crippen molar-refractivity contribution >= 4 is 6.71 Å². The minimum absolute atomic E-state index is 0.825. The maximum atomic E-state index is 2.61. The quantitative estimate of drug-likeness (QED) is 0.227. The molecule has 0 aliphatic rings. The molecule has 0 aromatic heterocycles. The van der Waals surface area contributed by atoms with Gasteiger partial charge in [0.25, 0.3) is 0 Å². The third-order valence-corrected chi connectivity index (χ3v) is 5.04. The molecule has 0 aromatic rings. The van der Waals surface area contributed by atoms with Crippen LogP contribution in [-0.2, 0) is 0 Å². The highest BCUT2D eigenvalue weighted by atomic mass is 14.1. The predicted octanol–water partition coefficient (Wildman–Crippen LogP) is 7.71. The molecule has 0 spiro atoms. The third kappa shape index (κ3) is 9.43. The lowest BCUT2D eigenvalue weighted by Crippen LogP contribution is -2.25. The molecule has 0 amide bonds. The fourth-order valence-corrected chi connectivity index (χ4v) is 3.72. The van der Waals surface area contributed by atoms with Crippen molar-refractivity contribution in [2.45, 2.75) is 117 Å². The summed E-state index contributed by atoms with van der Waals surface area (Å²) >= 11 is 0. The summed E-state index contributed by atoms with van der Waals surface area (Å²) in [6.45, 7) is 12.6. The zero-order valence-electron chi connectivity index (χ0n) is 15.7. The molecule has 0 radical (unpaired) electrons. The summed E-state index contributed by atoms with van der Waals surface area (Å²) in [6.07, 6.45) is 17.5. The van der Waals surface area contributed by atoms with E-state index in [0.29, 0.717) is 0 Å². The Hall–Kier alpha value is -0.195. The highest BCUT2D eigenvalue weighted by Gasteiger charge is 2.27. The van der Waals surface area contributed by atoms with Crippen molar-refractivity contribution in [3.63, 3.8) is 0 Å².